The van der Waals surface area contributed by atoms with E-state index in [-0.39, 0.29) is 23.9 Å². The summed E-state index contributed by atoms with van der Waals surface area (Å²) in [5.74, 6) is -0.230. The van der Waals surface area contributed by atoms with Crippen molar-refractivity contribution in [3.05, 3.63) is 87.9 Å². The molecule has 9 heteroatoms. The molecule has 0 radical (unpaired) electrons. The van der Waals surface area contributed by atoms with Crippen molar-refractivity contribution in [3.63, 3.8) is 0 Å². The smallest absolute Gasteiger partial charge is 0.321 e. The Kier molecular flexibility index (Phi) is 10.9. The lowest BCUT2D eigenvalue weighted by molar-refractivity contribution is -0.127. The summed E-state index contributed by atoms with van der Waals surface area (Å²) in [6, 6.07) is 18.2. The van der Waals surface area contributed by atoms with E-state index in [1.54, 1.807) is 21.1 Å². The van der Waals surface area contributed by atoms with E-state index in [1.807, 2.05) is 86.8 Å². The number of nitrogens with zero attached hydrogens (tertiary/aromatic N) is 3. The molecule has 1 aromatic heterocycles. The number of amides is 3. The van der Waals surface area contributed by atoms with Crippen LogP contribution in [0.5, 0.6) is 0 Å². The number of hydrogen-bond donors (Lipinski definition) is 3. The third kappa shape index (κ3) is 8.38. The highest BCUT2D eigenvalue weighted by atomic mass is 32.1. The van der Waals surface area contributed by atoms with Crippen molar-refractivity contribution in [2.75, 3.05) is 13.1 Å². The topological polar surface area (TPSA) is 112 Å². The van der Waals surface area contributed by atoms with Gasteiger partial charge in [-0.1, -0.05) is 80.9 Å². The van der Waals surface area contributed by atoms with Crippen molar-refractivity contribution in [2.45, 2.75) is 77.2 Å². The van der Waals surface area contributed by atoms with Crippen LogP contribution in [0.2, 0.25) is 0 Å². The highest BCUT2D eigenvalue weighted by Crippen LogP contribution is 2.23. The van der Waals surface area contributed by atoms with Gasteiger partial charge in [-0.15, -0.1) is 11.3 Å². The third-order valence-electron chi connectivity index (χ3n) is 7.94. The summed E-state index contributed by atoms with van der Waals surface area (Å²) in [5, 5.41) is 17.3. The van der Waals surface area contributed by atoms with Crippen LogP contribution in [-0.2, 0) is 24.2 Å². The van der Waals surface area contributed by atoms with Crippen molar-refractivity contribution in [2.24, 2.45) is 11.7 Å². The summed E-state index contributed by atoms with van der Waals surface area (Å²) in [5.41, 5.74) is 9.41. The molecular formula is C32H43N5O3S. The first-order chi connectivity index (χ1) is 19.7. The van der Waals surface area contributed by atoms with Gasteiger partial charge < -0.3 is 26.0 Å². The monoisotopic (exact) mass is 577 g/mol. The first-order valence-corrected chi connectivity index (χ1v) is 15.4. The number of aliphatic hydroxyl groups is 1. The fourth-order valence-corrected chi connectivity index (χ4v) is 6.08. The van der Waals surface area contributed by atoms with Gasteiger partial charge in [0.05, 0.1) is 23.4 Å². The number of nitrogens with two attached hydrogens (primary N) is 1. The molecule has 1 aliphatic rings. The van der Waals surface area contributed by atoms with Crippen molar-refractivity contribution in [3.8, 4) is 0 Å². The van der Waals surface area contributed by atoms with Gasteiger partial charge in [0, 0.05) is 30.6 Å². The highest BCUT2D eigenvalue weighted by Gasteiger charge is 2.40. The lowest BCUT2D eigenvalue weighted by Gasteiger charge is -2.33. The Morgan fingerprint density at radius 2 is 1.71 bits per heavy atom. The number of aliphatic hydroxyl groups excluding tert-OH is 1. The van der Waals surface area contributed by atoms with Gasteiger partial charge in [-0.05, 0) is 43.2 Å². The predicted octanol–water partition coefficient (Wildman–Crippen LogP) is 4.15. The quantitative estimate of drug-likeness (QED) is 0.267. The minimum absolute atomic E-state index is 0.0388. The van der Waals surface area contributed by atoms with E-state index in [0.29, 0.717) is 38.9 Å². The number of urea groups is 1. The van der Waals surface area contributed by atoms with Crippen LogP contribution in [0.15, 0.2) is 66.0 Å². The molecule has 2 aromatic carbocycles. The van der Waals surface area contributed by atoms with Crippen LogP contribution in [0.25, 0.3) is 0 Å². The molecule has 220 valence electrons. The SMILES string of the molecule is CCC(C)C(C(=O)N[C@@H](Cc1ccccc1)C[C@H](O)[C@@H](N)Cc1ccccc1)N1CCN(Cc2csc(C)n2)C1=O. The average Bonchev–Trinajstić information content (AvgIpc) is 3.54. The predicted molar refractivity (Wildman–Crippen MR) is 163 cm³/mol. The van der Waals surface area contributed by atoms with E-state index in [1.165, 1.54) is 0 Å². The van der Waals surface area contributed by atoms with Gasteiger partial charge in [0.15, 0.2) is 0 Å². The lowest BCUT2D eigenvalue weighted by atomic mass is 9.92. The zero-order chi connectivity index (χ0) is 29.4. The van der Waals surface area contributed by atoms with Crippen LogP contribution in [0, 0.1) is 12.8 Å². The van der Waals surface area contributed by atoms with Crippen LogP contribution in [0.3, 0.4) is 0 Å². The van der Waals surface area contributed by atoms with Crippen molar-refractivity contribution >= 4 is 23.3 Å². The number of thiazole rings is 1. The molecule has 1 aliphatic heterocycles. The van der Waals surface area contributed by atoms with Crippen molar-refractivity contribution < 1.29 is 14.7 Å². The normalized spacial score (nSPS) is 17.2. The molecule has 2 unspecified atom stereocenters. The van der Waals surface area contributed by atoms with Gasteiger partial charge in [0.25, 0.3) is 0 Å². The largest absolute Gasteiger partial charge is 0.391 e. The number of carbonyl (C=O) groups excluding carboxylic acids is 2. The third-order valence-corrected chi connectivity index (χ3v) is 8.76. The fraction of sp³-hybridized carbons (Fsp3) is 0.469. The van der Waals surface area contributed by atoms with E-state index >= 15 is 0 Å². The Bertz CT molecular complexity index is 1250. The van der Waals surface area contributed by atoms with Gasteiger partial charge in [0.1, 0.15) is 6.04 Å². The first-order valence-electron chi connectivity index (χ1n) is 14.5. The molecule has 5 atom stereocenters. The molecule has 3 amide bonds. The van der Waals surface area contributed by atoms with E-state index in [2.05, 4.69) is 10.3 Å². The molecule has 3 aromatic rings. The molecule has 41 heavy (non-hydrogen) atoms. The van der Waals surface area contributed by atoms with Crippen molar-refractivity contribution in [1.29, 1.82) is 0 Å². The second-order valence-electron chi connectivity index (χ2n) is 11.1. The molecule has 4 N–H and O–H groups in total. The second-order valence-corrected chi connectivity index (χ2v) is 12.2. The maximum absolute atomic E-state index is 13.9. The summed E-state index contributed by atoms with van der Waals surface area (Å²) >= 11 is 1.57. The fourth-order valence-electron chi connectivity index (χ4n) is 5.48. The number of hydrogen-bond acceptors (Lipinski definition) is 6. The Balaban J connectivity index is 1.47. The number of aryl methyl sites for hydroxylation is 1. The maximum Gasteiger partial charge on any atom is 0.321 e. The summed E-state index contributed by atoms with van der Waals surface area (Å²) < 4.78 is 0. The van der Waals surface area contributed by atoms with Crippen LogP contribution in [0.1, 0.15) is 48.5 Å². The van der Waals surface area contributed by atoms with Crippen molar-refractivity contribution in [1.82, 2.24) is 20.1 Å². The summed E-state index contributed by atoms with van der Waals surface area (Å²) in [4.78, 5) is 35.4. The van der Waals surface area contributed by atoms with Crippen LogP contribution in [-0.4, -0.2) is 69.1 Å². The zero-order valence-electron chi connectivity index (χ0n) is 24.3. The number of carbonyl (C=O) groups is 2. The average molecular weight is 578 g/mol. The van der Waals surface area contributed by atoms with Crippen LogP contribution < -0.4 is 11.1 Å². The molecule has 2 heterocycles. The zero-order valence-corrected chi connectivity index (χ0v) is 25.1. The maximum atomic E-state index is 13.9. The molecular weight excluding hydrogens is 534 g/mol. The van der Waals surface area contributed by atoms with Gasteiger partial charge in [-0.25, -0.2) is 9.78 Å². The number of benzene rings is 2. The Morgan fingerprint density at radius 1 is 1.07 bits per heavy atom. The molecule has 1 fully saturated rings. The molecule has 8 nitrogen and oxygen atoms in total. The lowest BCUT2D eigenvalue weighted by Crippen LogP contribution is -2.55. The summed E-state index contributed by atoms with van der Waals surface area (Å²) in [6.07, 6.45) is 1.35. The van der Waals surface area contributed by atoms with E-state index in [0.717, 1.165) is 28.2 Å². The Morgan fingerprint density at radius 3 is 2.29 bits per heavy atom. The minimum Gasteiger partial charge on any atom is -0.391 e. The molecule has 0 bridgehead atoms. The van der Waals surface area contributed by atoms with Gasteiger partial charge in [0.2, 0.25) is 5.91 Å². The summed E-state index contributed by atoms with van der Waals surface area (Å²) in [7, 11) is 0. The van der Waals surface area contributed by atoms with Gasteiger partial charge in [-0.3, -0.25) is 4.79 Å². The molecule has 1 saturated heterocycles. The van der Waals surface area contributed by atoms with Gasteiger partial charge >= 0.3 is 6.03 Å². The standard InChI is InChI=1S/C32H43N5O3S/c1-4-22(2)30(37-16-15-36(32(37)40)20-27-21-41-23(3)34-27)31(39)35-26(17-24-11-7-5-8-12-24)19-29(38)28(33)18-25-13-9-6-10-14-25/h5-14,21-22,26,28-30,38H,4,15-20,33H2,1-3H3,(H,35,39)/t22?,26-,28-,29-,30?/m0/s1. The van der Waals surface area contributed by atoms with Crippen LogP contribution in [0.4, 0.5) is 4.79 Å². The minimum atomic E-state index is -0.809. The summed E-state index contributed by atoms with van der Waals surface area (Å²) in [6.45, 7) is 7.48. The van der Waals surface area contributed by atoms with E-state index in [9.17, 15) is 14.7 Å². The Hall–Kier alpha value is -3.27. The number of rotatable bonds is 14. The molecule has 0 saturated carbocycles. The van der Waals surface area contributed by atoms with Gasteiger partial charge in [-0.2, -0.15) is 0 Å². The van der Waals surface area contributed by atoms with Crippen LogP contribution >= 0.6 is 11.3 Å². The molecule has 4 rings (SSSR count). The Labute approximate surface area is 247 Å². The first kappa shape index (κ1) is 30.7. The number of nitrogens with one attached hydrogen (secondary N) is 1. The van der Waals surface area contributed by atoms with E-state index < -0.39 is 18.2 Å². The molecule has 0 spiro atoms. The number of aromatic nitrogens is 1. The van der Waals surface area contributed by atoms with E-state index in [4.69, 9.17) is 5.73 Å². The highest BCUT2D eigenvalue weighted by molar-refractivity contribution is 7.09. The molecule has 0 aliphatic carbocycles. The second kappa shape index (κ2) is 14.6.